The van der Waals surface area contributed by atoms with Crippen molar-refractivity contribution in [2.24, 2.45) is 5.92 Å². The average Bonchev–Trinajstić information content (AvgIpc) is 2.84. The Morgan fingerprint density at radius 1 is 1.07 bits per heavy atom. The number of likely N-dealkylation sites (N-methyl/N-ethyl adjacent to an activating group) is 1. The number of alkyl halides is 6. The summed E-state index contributed by atoms with van der Waals surface area (Å²) < 4.78 is 78.2. The van der Waals surface area contributed by atoms with E-state index in [2.05, 4.69) is 10.6 Å². The molecule has 0 aromatic heterocycles. The van der Waals surface area contributed by atoms with Crippen molar-refractivity contribution in [3.05, 3.63) is 76.9 Å². The van der Waals surface area contributed by atoms with Crippen LogP contribution in [0.4, 0.5) is 37.7 Å². The van der Waals surface area contributed by atoms with Gasteiger partial charge in [0.2, 0.25) is 11.8 Å². The number of nitrogens with one attached hydrogen (secondary N) is 2. The lowest BCUT2D eigenvalue weighted by Gasteiger charge is -2.37. The molecule has 3 rings (SSSR count). The van der Waals surface area contributed by atoms with E-state index in [4.69, 9.17) is 0 Å². The van der Waals surface area contributed by atoms with Gasteiger partial charge in [-0.2, -0.15) is 26.3 Å². The summed E-state index contributed by atoms with van der Waals surface area (Å²) >= 11 is 0. The first-order valence-corrected chi connectivity index (χ1v) is 12.3. The molecule has 1 heterocycles. The van der Waals surface area contributed by atoms with Gasteiger partial charge in [0.05, 0.1) is 23.8 Å². The molecular formula is C28H29F6N3O3. The molecule has 0 bridgehead atoms. The molecule has 3 N–H and O–H groups in total. The number of hydrogen-bond donors (Lipinski definition) is 3. The molecule has 2 aromatic carbocycles. The van der Waals surface area contributed by atoms with Crippen LogP contribution in [0.25, 0.3) is 6.08 Å². The molecule has 0 aliphatic carbocycles. The van der Waals surface area contributed by atoms with Gasteiger partial charge in [-0.05, 0) is 59.9 Å². The molecular weight excluding hydrogens is 540 g/mol. The van der Waals surface area contributed by atoms with Gasteiger partial charge in [0.25, 0.3) is 0 Å². The number of benzene rings is 2. The van der Waals surface area contributed by atoms with Crippen molar-refractivity contribution >= 4 is 29.3 Å². The standard InChI is InChI=1S/C28H29F6N3O3/c1-16(2)25-26(40)36-22(15-38)13-18-12-21(8-9-23(18)37(25)3)35-24(39)7-5-4-6-17-10-19(27(29,30)31)14-20(11-17)28(32,33)34/h4-12,14,16,22,25,38H,13,15H2,1-3H3,(H,35,39)(H,36,40)/b6-4+,7-5+/t22-,25-/m0/s1. The number of rotatable bonds is 6. The van der Waals surface area contributed by atoms with Crippen molar-refractivity contribution in [2.45, 2.75) is 44.7 Å². The number of anilines is 2. The molecule has 2 amide bonds. The number of fused-ring (bicyclic) bond motifs is 1. The molecule has 0 saturated carbocycles. The largest absolute Gasteiger partial charge is 0.416 e. The van der Waals surface area contributed by atoms with Crippen LogP contribution in [-0.2, 0) is 28.4 Å². The van der Waals surface area contributed by atoms with Gasteiger partial charge >= 0.3 is 12.4 Å². The number of nitrogens with zero attached hydrogens (tertiary/aromatic N) is 1. The fourth-order valence-corrected chi connectivity index (χ4v) is 4.53. The zero-order chi connectivity index (χ0) is 29.8. The molecule has 1 aliphatic rings. The number of carbonyl (C=O) groups is 2. The summed E-state index contributed by atoms with van der Waals surface area (Å²) in [6.07, 6.45) is -5.15. The number of amides is 2. The zero-order valence-corrected chi connectivity index (χ0v) is 21.9. The molecule has 2 atom stereocenters. The SMILES string of the molecule is CC(C)[C@H]1C(=O)N[C@H](CO)Cc2cc(NC(=O)/C=C/C=C/c3cc(C(F)(F)F)cc(C(F)(F)F)c3)ccc2N1C. The van der Waals surface area contributed by atoms with Crippen LogP contribution in [-0.4, -0.2) is 42.7 Å². The van der Waals surface area contributed by atoms with Crippen LogP contribution < -0.4 is 15.5 Å². The van der Waals surface area contributed by atoms with Gasteiger partial charge in [-0.25, -0.2) is 0 Å². The molecule has 2 aromatic rings. The summed E-state index contributed by atoms with van der Waals surface area (Å²) in [6.45, 7) is 3.54. The molecule has 0 fully saturated rings. The van der Waals surface area contributed by atoms with E-state index in [1.165, 1.54) is 6.08 Å². The lowest BCUT2D eigenvalue weighted by molar-refractivity contribution is -0.143. The van der Waals surface area contributed by atoms with Crippen molar-refractivity contribution in [3.8, 4) is 0 Å². The van der Waals surface area contributed by atoms with Gasteiger partial charge in [-0.3, -0.25) is 9.59 Å². The van der Waals surface area contributed by atoms with Gasteiger partial charge in [-0.1, -0.05) is 32.1 Å². The topological polar surface area (TPSA) is 81.7 Å². The molecule has 6 nitrogen and oxygen atoms in total. The Morgan fingerprint density at radius 3 is 2.25 bits per heavy atom. The summed E-state index contributed by atoms with van der Waals surface area (Å²) in [5.74, 6) is -0.808. The van der Waals surface area contributed by atoms with Crippen molar-refractivity contribution in [1.82, 2.24) is 5.32 Å². The van der Waals surface area contributed by atoms with Crippen LogP contribution in [0.3, 0.4) is 0 Å². The van der Waals surface area contributed by atoms with Crippen LogP contribution in [0.1, 0.15) is 36.1 Å². The lowest BCUT2D eigenvalue weighted by atomic mass is 9.95. The molecule has 0 unspecified atom stereocenters. The summed E-state index contributed by atoms with van der Waals surface area (Å²) in [4.78, 5) is 27.0. The Labute approximate surface area is 227 Å². The van der Waals surface area contributed by atoms with E-state index in [1.54, 1.807) is 25.2 Å². The number of allylic oxidation sites excluding steroid dienone is 2. The van der Waals surface area contributed by atoms with Crippen molar-refractivity contribution in [2.75, 3.05) is 23.9 Å². The predicted molar refractivity (Wildman–Crippen MR) is 139 cm³/mol. The maximum atomic E-state index is 13.0. The van der Waals surface area contributed by atoms with Crippen molar-refractivity contribution in [3.63, 3.8) is 0 Å². The molecule has 1 aliphatic heterocycles. The Balaban J connectivity index is 1.77. The van der Waals surface area contributed by atoms with E-state index in [0.29, 0.717) is 24.2 Å². The molecule has 12 heteroatoms. The third-order valence-electron chi connectivity index (χ3n) is 6.33. The number of aliphatic hydroxyl groups excluding tert-OH is 1. The van der Waals surface area contributed by atoms with Gasteiger partial charge in [0, 0.05) is 24.5 Å². The first-order chi connectivity index (χ1) is 18.6. The summed E-state index contributed by atoms with van der Waals surface area (Å²) in [5, 5.41) is 15.2. The van der Waals surface area contributed by atoms with Crippen LogP contribution in [0.15, 0.2) is 54.6 Å². The van der Waals surface area contributed by atoms with Crippen LogP contribution in [0.2, 0.25) is 0 Å². The third kappa shape index (κ3) is 7.65. The second kappa shape index (κ2) is 12.2. The first kappa shape index (κ1) is 30.7. The minimum atomic E-state index is -4.96. The van der Waals surface area contributed by atoms with Crippen LogP contribution >= 0.6 is 0 Å². The maximum Gasteiger partial charge on any atom is 0.416 e. The van der Waals surface area contributed by atoms with Crippen molar-refractivity contribution in [1.29, 1.82) is 0 Å². The fourth-order valence-electron chi connectivity index (χ4n) is 4.53. The number of aliphatic hydroxyl groups is 1. The summed E-state index contributed by atoms with van der Waals surface area (Å²) in [5.41, 5.74) is -1.24. The molecule has 40 heavy (non-hydrogen) atoms. The molecule has 0 spiro atoms. The highest BCUT2D eigenvalue weighted by Gasteiger charge is 2.37. The Hall–Kier alpha value is -3.80. The second-order valence-corrected chi connectivity index (χ2v) is 9.78. The van der Waals surface area contributed by atoms with E-state index < -0.39 is 41.5 Å². The predicted octanol–water partition coefficient (Wildman–Crippen LogP) is 5.43. The quantitative estimate of drug-likeness (QED) is 0.246. The summed E-state index contributed by atoms with van der Waals surface area (Å²) in [6, 6.07) is 5.32. The number of halogens is 6. The Kier molecular flexibility index (Phi) is 9.34. The van der Waals surface area contributed by atoms with Crippen molar-refractivity contribution < 1.29 is 41.0 Å². The van der Waals surface area contributed by atoms with Crippen LogP contribution in [0.5, 0.6) is 0 Å². The molecule has 216 valence electrons. The zero-order valence-electron chi connectivity index (χ0n) is 21.9. The Morgan fingerprint density at radius 2 is 1.70 bits per heavy atom. The summed E-state index contributed by atoms with van der Waals surface area (Å²) in [7, 11) is 1.79. The monoisotopic (exact) mass is 569 g/mol. The lowest BCUT2D eigenvalue weighted by Crippen LogP contribution is -2.54. The minimum Gasteiger partial charge on any atom is -0.394 e. The van der Waals surface area contributed by atoms with E-state index in [0.717, 1.165) is 29.5 Å². The second-order valence-electron chi connectivity index (χ2n) is 9.78. The van der Waals surface area contributed by atoms with Gasteiger partial charge in [0.15, 0.2) is 0 Å². The van der Waals surface area contributed by atoms with E-state index in [-0.39, 0.29) is 30.1 Å². The fraction of sp³-hybridized carbons (Fsp3) is 0.357. The highest BCUT2D eigenvalue weighted by Crippen LogP contribution is 2.36. The molecule has 0 saturated heterocycles. The number of carbonyl (C=O) groups excluding carboxylic acids is 2. The van der Waals surface area contributed by atoms with Gasteiger partial charge in [-0.15, -0.1) is 0 Å². The third-order valence-corrected chi connectivity index (χ3v) is 6.33. The normalized spacial score (nSPS) is 18.6. The minimum absolute atomic E-state index is 0.0242. The van der Waals surface area contributed by atoms with Gasteiger partial charge in [0.1, 0.15) is 6.04 Å². The van der Waals surface area contributed by atoms with E-state index in [9.17, 15) is 41.0 Å². The van der Waals surface area contributed by atoms with E-state index in [1.807, 2.05) is 18.7 Å². The highest BCUT2D eigenvalue weighted by molar-refractivity contribution is 5.99. The Bertz CT molecular complexity index is 1270. The maximum absolute atomic E-state index is 13.0. The first-order valence-electron chi connectivity index (χ1n) is 12.3. The smallest absolute Gasteiger partial charge is 0.394 e. The van der Waals surface area contributed by atoms with Gasteiger partial charge < -0.3 is 20.6 Å². The molecule has 0 radical (unpaired) electrons. The van der Waals surface area contributed by atoms with E-state index >= 15 is 0 Å². The highest BCUT2D eigenvalue weighted by atomic mass is 19.4. The average molecular weight is 570 g/mol. The van der Waals surface area contributed by atoms with Crippen LogP contribution in [0, 0.1) is 5.92 Å². The number of hydrogen-bond acceptors (Lipinski definition) is 4.